The molecule has 0 radical (unpaired) electrons. The van der Waals surface area contributed by atoms with Crippen LogP contribution in [0.3, 0.4) is 0 Å². The molecule has 2 N–H and O–H groups in total. The van der Waals surface area contributed by atoms with Crippen LogP contribution in [0.1, 0.15) is 12.0 Å². The van der Waals surface area contributed by atoms with Crippen molar-refractivity contribution in [1.82, 2.24) is 14.6 Å². The summed E-state index contributed by atoms with van der Waals surface area (Å²) < 4.78 is 13.8. The van der Waals surface area contributed by atoms with Crippen LogP contribution in [0.25, 0.3) is 28.1 Å². The van der Waals surface area contributed by atoms with Crippen molar-refractivity contribution in [3.05, 3.63) is 84.6 Å². The molecule has 0 amide bonds. The third-order valence-electron chi connectivity index (χ3n) is 5.16. The number of hydrogen-bond acceptors (Lipinski definition) is 5. The van der Waals surface area contributed by atoms with Crippen LogP contribution in [-0.4, -0.2) is 27.2 Å². The number of nitrogens with two attached hydrogens (primary N) is 1. The van der Waals surface area contributed by atoms with Crippen LogP contribution in [-0.2, 0) is 6.42 Å². The molecule has 3 heterocycles. The Bertz CT molecular complexity index is 1240. The molecule has 0 spiro atoms. The number of para-hydroxylation sites is 1. The largest absolute Gasteiger partial charge is 0.472 e. The quantitative estimate of drug-likeness (QED) is 0.437. The normalized spacial score (nSPS) is 12.4. The minimum atomic E-state index is -0.117. The molecule has 0 aliphatic carbocycles. The smallest absolute Gasteiger partial charge is 0.232 e. The minimum absolute atomic E-state index is 0.117. The summed E-state index contributed by atoms with van der Waals surface area (Å²) in [5, 5.41) is 5.68. The summed E-state index contributed by atoms with van der Waals surface area (Å²) in [5.74, 6) is 1.23. The zero-order valence-electron chi connectivity index (χ0n) is 16.4. The lowest BCUT2D eigenvalue weighted by atomic mass is 10.1. The van der Waals surface area contributed by atoms with Gasteiger partial charge in [0.2, 0.25) is 5.88 Å². The van der Waals surface area contributed by atoms with Crippen molar-refractivity contribution in [2.45, 2.75) is 18.9 Å². The van der Waals surface area contributed by atoms with Crippen molar-refractivity contribution in [2.75, 3.05) is 6.54 Å². The molecule has 30 heavy (non-hydrogen) atoms. The van der Waals surface area contributed by atoms with Gasteiger partial charge >= 0.3 is 0 Å². The van der Waals surface area contributed by atoms with Crippen LogP contribution < -0.4 is 10.5 Å². The summed E-state index contributed by atoms with van der Waals surface area (Å²) in [6.07, 6.45) is 3.37. The van der Waals surface area contributed by atoms with Gasteiger partial charge in [-0.15, -0.1) is 5.10 Å². The summed E-state index contributed by atoms with van der Waals surface area (Å²) >= 11 is 0. The summed E-state index contributed by atoms with van der Waals surface area (Å²) in [6, 6.07) is 24.0. The molecule has 0 fully saturated rings. The van der Waals surface area contributed by atoms with Crippen molar-refractivity contribution < 1.29 is 9.15 Å². The summed E-state index contributed by atoms with van der Waals surface area (Å²) in [5.41, 5.74) is 9.56. The van der Waals surface area contributed by atoms with Crippen molar-refractivity contribution in [1.29, 1.82) is 0 Å². The Balaban J connectivity index is 1.39. The van der Waals surface area contributed by atoms with Gasteiger partial charge in [0.15, 0.2) is 11.4 Å². The Morgan fingerprint density at radius 1 is 1.00 bits per heavy atom. The number of rotatable bonds is 7. The van der Waals surface area contributed by atoms with E-state index in [0.717, 1.165) is 35.2 Å². The lowest BCUT2D eigenvalue weighted by Crippen LogP contribution is -2.27. The number of imidazole rings is 1. The lowest BCUT2D eigenvalue weighted by Gasteiger charge is -2.16. The van der Waals surface area contributed by atoms with E-state index in [0.29, 0.717) is 18.2 Å². The Morgan fingerprint density at radius 3 is 2.67 bits per heavy atom. The molecule has 150 valence electrons. The first-order valence-corrected chi connectivity index (χ1v) is 10.0. The van der Waals surface area contributed by atoms with E-state index in [1.54, 1.807) is 10.7 Å². The van der Waals surface area contributed by atoms with Crippen LogP contribution in [0, 0.1) is 0 Å². The Morgan fingerprint density at radius 2 is 1.83 bits per heavy atom. The van der Waals surface area contributed by atoms with Gasteiger partial charge in [-0.25, -0.2) is 9.50 Å². The fraction of sp³-hybridized carbons (Fsp3) is 0.167. The van der Waals surface area contributed by atoms with E-state index in [4.69, 9.17) is 14.9 Å². The van der Waals surface area contributed by atoms with Crippen molar-refractivity contribution in [2.24, 2.45) is 5.73 Å². The first-order valence-electron chi connectivity index (χ1n) is 10.0. The molecule has 5 rings (SSSR count). The van der Waals surface area contributed by atoms with Crippen molar-refractivity contribution in [3.8, 4) is 17.3 Å². The second kappa shape index (κ2) is 8.00. The number of ether oxygens (including phenoxy) is 1. The third-order valence-corrected chi connectivity index (χ3v) is 5.16. The topological polar surface area (TPSA) is 78.6 Å². The minimum Gasteiger partial charge on any atom is -0.472 e. The van der Waals surface area contributed by atoms with Crippen LogP contribution >= 0.6 is 0 Å². The highest BCUT2D eigenvalue weighted by atomic mass is 16.5. The van der Waals surface area contributed by atoms with E-state index in [1.807, 2.05) is 60.7 Å². The molecule has 6 nitrogen and oxygen atoms in total. The Labute approximate surface area is 173 Å². The molecule has 1 atom stereocenters. The Hall–Kier alpha value is -3.64. The van der Waals surface area contributed by atoms with Gasteiger partial charge in [0, 0.05) is 18.0 Å². The van der Waals surface area contributed by atoms with E-state index in [-0.39, 0.29) is 6.10 Å². The van der Waals surface area contributed by atoms with Gasteiger partial charge in [-0.2, -0.15) is 0 Å². The number of nitrogens with zero attached hydrogens (tertiary/aromatic N) is 3. The fourth-order valence-corrected chi connectivity index (χ4v) is 3.56. The maximum Gasteiger partial charge on any atom is 0.232 e. The predicted molar refractivity (Wildman–Crippen MR) is 116 cm³/mol. The van der Waals surface area contributed by atoms with Gasteiger partial charge in [-0.05, 0) is 36.6 Å². The molecule has 0 bridgehead atoms. The maximum atomic E-state index is 6.10. The van der Waals surface area contributed by atoms with Crippen molar-refractivity contribution >= 4 is 16.6 Å². The molecular weight excluding hydrogens is 376 g/mol. The average Bonchev–Trinajstić information content (AvgIpc) is 3.40. The Kier molecular flexibility index (Phi) is 4.91. The molecule has 0 saturated carbocycles. The predicted octanol–water partition coefficient (Wildman–Crippen LogP) is 4.48. The molecule has 5 aromatic rings. The monoisotopic (exact) mass is 398 g/mol. The van der Waals surface area contributed by atoms with Gasteiger partial charge in [0.05, 0.1) is 6.20 Å². The highest BCUT2D eigenvalue weighted by molar-refractivity contribution is 5.82. The van der Waals surface area contributed by atoms with E-state index in [2.05, 4.69) is 22.2 Å². The van der Waals surface area contributed by atoms with E-state index in [9.17, 15) is 0 Å². The molecule has 0 aliphatic rings. The van der Waals surface area contributed by atoms with Crippen LogP contribution in [0.2, 0.25) is 0 Å². The second-order valence-electron chi connectivity index (χ2n) is 7.23. The van der Waals surface area contributed by atoms with Crippen LogP contribution in [0.5, 0.6) is 5.88 Å². The van der Waals surface area contributed by atoms with Crippen molar-refractivity contribution in [3.63, 3.8) is 0 Å². The lowest BCUT2D eigenvalue weighted by molar-refractivity contribution is 0.189. The molecule has 1 unspecified atom stereocenters. The molecule has 0 aliphatic heterocycles. The zero-order chi connectivity index (χ0) is 20.3. The molecule has 2 aromatic carbocycles. The van der Waals surface area contributed by atoms with Gasteiger partial charge in [0.1, 0.15) is 17.4 Å². The summed E-state index contributed by atoms with van der Waals surface area (Å²) in [4.78, 5) is 4.44. The number of aromatic nitrogens is 3. The van der Waals surface area contributed by atoms with Crippen LogP contribution in [0.15, 0.2) is 83.4 Å². The number of hydrogen-bond donors (Lipinski definition) is 1. The van der Waals surface area contributed by atoms with E-state index in [1.165, 1.54) is 5.56 Å². The fourth-order valence-electron chi connectivity index (χ4n) is 3.56. The SMILES string of the molecule is NCC(CCc1ccccc1)Oc1ccc2ncc(-c3cc4ccccc4o3)n2n1. The first kappa shape index (κ1) is 18.4. The molecule has 6 heteroatoms. The van der Waals surface area contributed by atoms with E-state index < -0.39 is 0 Å². The molecule has 3 aromatic heterocycles. The number of furan rings is 1. The maximum absolute atomic E-state index is 6.10. The van der Waals surface area contributed by atoms with Gasteiger partial charge in [-0.3, -0.25) is 0 Å². The zero-order valence-corrected chi connectivity index (χ0v) is 16.4. The average molecular weight is 398 g/mol. The van der Waals surface area contributed by atoms with Gasteiger partial charge < -0.3 is 14.9 Å². The highest BCUT2D eigenvalue weighted by Gasteiger charge is 2.15. The molecule has 0 saturated heterocycles. The number of benzene rings is 2. The third kappa shape index (κ3) is 3.65. The highest BCUT2D eigenvalue weighted by Crippen LogP contribution is 2.28. The van der Waals surface area contributed by atoms with Gasteiger partial charge in [-0.1, -0.05) is 48.5 Å². The summed E-state index contributed by atoms with van der Waals surface area (Å²) in [7, 11) is 0. The first-order chi connectivity index (χ1) is 14.8. The summed E-state index contributed by atoms with van der Waals surface area (Å²) in [6.45, 7) is 0.424. The number of fused-ring (bicyclic) bond motifs is 2. The second-order valence-corrected chi connectivity index (χ2v) is 7.23. The molecular formula is C24H22N4O2. The standard InChI is InChI=1S/C24H22N4O2/c25-15-19(11-10-17-6-2-1-3-7-17)29-24-13-12-23-26-16-20(28(23)27-24)22-14-18-8-4-5-9-21(18)30-22/h1-9,12-14,16,19H,10-11,15,25H2. The van der Waals surface area contributed by atoms with Crippen LogP contribution in [0.4, 0.5) is 0 Å². The van der Waals surface area contributed by atoms with Gasteiger partial charge in [0.25, 0.3) is 0 Å². The number of aryl methyl sites for hydroxylation is 1. The van der Waals surface area contributed by atoms with E-state index >= 15 is 0 Å².